The maximum absolute atomic E-state index is 13.1. The van der Waals surface area contributed by atoms with Crippen molar-refractivity contribution in [3.63, 3.8) is 0 Å². The molecular weight excluding hydrogens is 511 g/mol. The fourth-order valence-electron chi connectivity index (χ4n) is 4.85. The van der Waals surface area contributed by atoms with Crippen molar-refractivity contribution in [3.05, 3.63) is 65.5 Å². The average Bonchev–Trinajstić information content (AvgIpc) is 3.69. The number of ether oxygens (including phenoxy) is 2. The number of alkyl halides is 3. The molecule has 0 spiro atoms. The summed E-state index contributed by atoms with van der Waals surface area (Å²) in [7, 11) is 3.50. The monoisotopic (exact) mass is 538 g/mol. The van der Waals surface area contributed by atoms with Crippen LogP contribution >= 0.6 is 0 Å². The number of rotatable bonds is 6. The first-order valence-corrected chi connectivity index (χ1v) is 12.6. The van der Waals surface area contributed by atoms with E-state index in [1.165, 1.54) is 4.68 Å². The minimum absolute atomic E-state index is 0.367. The molecule has 1 fully saturated rings. The van der Waals surface area contributed by atoms with E-state index in [0.29, 0.717) is 60.3 Å². The molecule has 2 aliphatic rings. The highest BCUT2D eigenvalue weighted by Crippen LogP contribution is 2.45. The van der Waals surface area contributed by atoms with E-state index in [9.17, 15) is 13.2 Å². The van der Waals surface area contributed by atoms with Crippen LogP contribution in [0.2, 0.25) is 0 Å². The fraction of sp³-hybridized carbons (Fsp3) is 0.370. The maximum atomic E-state index is 13.1. The van der Waals surface area contributed by atoms with Crippen LogP contribution in [0.4, 0.5) is 19.0 Å². The third kappa shape index (κ3) is 4.75. The lowest BCUT2D eigenvalue weighted by molar-refractivity contribution is -0.679. The van der Waals surface area contributed by atoms with Gasteiger partial charge in [0.15, 0.2) is 34.3 Å². The van der Waals surface area contributed by atoms with Gasteiger partial charge in [0.05, 0.1) is 32.6 Å². The van der Waals surface area contributed by atoms with Gasteiger partial charge in [0.2, 0.25) is 0 Å². The summed E-state index contributed by atoms with van der Waals surface area (Å²) in [6.45, 7) is 3.24. The highest BCUT2D eigenvalue weighted by molar-refractivity contribution is 5.68. The molecule has 6 rings (SSSR count). The van der Waals surface area contributed by atoms with Crippen LogP contribution < -0.4 is 18.9 Å². The molecule has 9 nitrogen and oxygen atoms in total. The molecule has 0 amide bonds. The molecule has 202 valence electrons. The minimum Gasteiger partial charge on any atom is -0.486 e. The number of anilines is 1. The lowest BCUT2D eigenvalue weighted by Crippen LogP contribution is -2.34. The zero-order valence-corrected chi connectivity index (χ0v) is 21.7. The maximum Gasteiger partial charge on any atom is 0.435 e. The molecule has 3 aromatic heterocycles. The molecule has 4 aromatic rings. The van der Waals surface area contributed by atoms with Gasteiger partial charge in [-0.15, -0.1) is 0 Å². The van der Waals surface area contributed by atoms with Gasteiger partial charge in [-0.2, -0.15) is 18.3 Å². The van der Waals surface area contributed by atoms with E-state index in [0.717, 1.165) is 35.7 Å². The summed E-state index contributed by atoms with van der Waals surface area (Å²) >= 11 is 0. The molecule has 1 saturated carbocycles. The van der Waals surface area contributed by atoms with E-state index in [4.69, 9.17) is 14.5 Å². The summed E-state index contributed by atoms with van der Waals surface area (Å²) in [6.07, 6.45) is 1.10. The zero-order chi connectivity index (χ0) is 27.3. The average molecular weight is 539 g/mol. The summed E-state index contributed by atoms with van der Waals surface area (Å²) in [5.41, 5.74) is 2.75. The van der Waals surface area contributed by atoms with Crippen molar-refractivity contribution in [1.29, 1.82) is 0 Å². The summed E-state index contributed by atoms with van der Waals surface area (Å²) < 4.78 is 54.0. The molecule has 12 heteroatoms. The third-order valence-electron chi connectivity index (χ3n) is 6.93. The number of halogens is 3. The number of aromatic nitrogens is 6. The molecule has 0 saturated heterocycles. The Morgan fingerprint density at radius 2 is 1.92 bits per heavy atom. The molecular formula is C27H27F3N7O2+. The second-order valence-electron chi connectivity index (χ2n) is 9.80. The van der Waals surface area contributed by atoms with Gasteiger partial charge in [-0.05, 0) is 43.5 Å². The van der Waals surface area contributed by atoms with Gasteiger partial charge in [-0.1, -0.05) is 17.1 Å². The molecule has 0 radical (unpaired) electrons. The SMILES string of the molecule is COc1c(-c2ncc3c(n2)N(Cc2ccc(-n4nc(C(F)(F)F)cc4C)cc2)CCO3)c(C2CC2)nc[n+]1C. The van der Waals surface area contributed by atoms with Gasteiger partial charge in [-0.3, -0.25) is 0 Å². The first-order valence-electron chi connectivity index (χ1n) is 12.6. The number of methoxy groups -OCH3 is 1. The third-order valence-corrected chi connectivity index (χ3v) is 6.93. The number of hydrogen-bond acceptors (Lipinski definition) is 7. The molecule has 1 aliphatic carbocycles. The van der Waals surface area contributed by atoms with Crippen LogP contribution in [-0.2, 0) is 19.8 Å². The van der Waals surface area contributed by atoms with Crippen molar-refractivity contribution < 1.29 is 27.2 Å². The predicted molar refractivity (Wildman–Crippen MR) is 135 cm³/mol. The van der Waals surface area contributed by atoms with E-state index in [1.54, 1.807) is 38.7 Å². The van der Waals surface area contributed by atoms with Crippen molar-refractivity contribution >= 4 is 5.82 Å². The number of fused-ring (bicyclic) bond motifs is 1. The Balaban J connectivity index is 1.30. The Morgan fingerprint density at radius 1 is 1.15 bits per heavy atom. The largest absolute Gasteiger partial charge is 0.486 e. The molecule has 4 heterocycles. The molecule has 1 aliphatic heterocycles. The first kappa shape index (κ1) is 25.1. The highest BCUT2D eigenvalue weighted by Gasteiger charge is 2.37. The Labute approximate surface area is 222 Å². The van der Waals surface area contributed by atoms with Crippen molar-refractivity contribution in [1.82, 2.24) is 24.7 Å². The Bertz CT molecular complexity index is 1530. The van der Waals surface area contributed by atoms with Crippen LogP contribution in [0.3, 0.4) is 0 Å². The summed E-state index contributed by atoms with van der Waals surface area (Å²) in [5.74, 6) is 2.80. The number of nitrogens with zero attached hydrogens (tertiary/aromatic N) is 7. The van der Waals surface area contributed by atoms with Crippen LogP contribution in [0.15, 0.2) is 42.9 Å². The van der Waals surface area contributed by atoms with E-state index in [1.807, 2.05) is 23.7 Å². The van der Waals surface area contributed by atoms with Crippen molar-refractivity contribution in [3.8, 4) is 28.7 Å². The highest BCUT2D eigenvalue weighted by atomic mass is 19.4. The normalized spacial score (nSPS) is 15.2. The number of benzene rings is 1. The molecule has 0 N–H and O–H groups in total. The van der Waals surface area contributed by atoms with Crippen molar-refractivity contribution in [2.24, 2.45) is 7.05 Å². The fourth-order valence-corrected chi connectivity index (χ4v) is 4.85. The summed E-state index contributed by atoms with van der Waals surface area (Å²) in [4.78, 5) is 16.3. The Morgan fingerprint density at radius 3 is 2.59 bits per heavy atom. The lowest BCUT2D eigenvalue weighted by atomic mass is 10.1. The topological polar surface area (TPSA) is 82.1 Å². The second-order valence-corrected chi connectivity index (χ2v) is 9.80. The van der Waals surface area contributed by atoms with Gasteiger partial charge in [0.1, 0.15) is 6.61 Å². The van der Waals surface area contributed by atoms with Gasteiger partial charge >= 0.3 is 6.18 Å². The van der Waals surface area contributed by atoms with Crippen LogP contribution in [0.25, 0.3) is 17.1 Å². The van der Waals surface area contributed by atoms with Gasteiger partial charge < -0.3 is 14.4 Å². The minimum atomic E-state index is -4.49. The molecule has 0 unspecified atom stereocenters. The molecule has 0 atom stereocenters. The van der Waals surface area contributed by atoms with Crippen LogP contribution in [-0.4, -0.2) is 45.0 Å². The quantitative estimate of drug-likeness (QED) is 0.341. The van der Waals surface area contributed by atoms with Crippen LogP contribution in [0.1, 0.15) is 41.4 Å². The van der Waals surface area contributed by atoms with Crippen molar-refractivity contribution in [2.45, 2.75) is 38.4 Å². The Hall–Kier alpha value is -4.22. The summed E-state index contributed by atoms with van der Waals surface area (Å²) in [6, 6.07) is 8.35. The lowest BCUT2D eigenvalue weighted by Gasteiger charge is -2.30. The summed E-state index contributed by atoms with van der Waals surface area (Å²) in [5, 5.41) is 3.74. The van der Waals surface area contributed by atoms with E-state index in [-0.39, 0.29) is 0 Å². The number of hydrogen-bond donors (Lipinski definition) is 0. The van der Waals surface area contributed by atoms with E-state index < -0.39 is 11.9 Å². The predicted octanol–water partition coefficient (Wildman–Crippen LogP) is 4.16. The standard InChI is InChI=1S/C27H27F3N7O2/c1-16-12-21(27(28,29)30)34-37(16)19-8-4-17(5-9-19)14-36-10-11-39-20-13-31-24(33-25(20)36)22-23(18-6-7-18)32-15-35(2)26(22)38-3/h4-5,8-9,12-13,15,18H,6-7,10-11,14H2,1-3H3/q+1. The van der Waals surface area contributed by atoms with Gasteiger partial charge in [-0.25, -0.2) is 19.2 Å². The Kier molecular flexibility index (Phi) is 6.12. The van der Waals surface area contributed by atoms with Crippen LogP contribution in [0, 0.1) is 6.92 Å². The van der Waals surface area contributed by atoms with Crippen molar-refractivity contribution in [2.75, 3.05) is 25.2 Å². The van der Waals surface area contributed by atoms with Gasteiger partial charge in [0, 0.05) is 18.2 Å². The van der Waals surface area contributed by atoms with Crippen LogP contribution in [0.5, 0.6) is 11.6 Å². The first-order chi connectivity index (χ1) is 18.7. The van der Waals surface area contributed by atoms with Gasteiger partial charge in [0.25, 0.3) is 12.2 Å². The second kappa shape index (κ2) is 9.51. The van der Waals surface area contributed by atoms with E-state index >= 15 is 0 Å². The molecule has 0 bridgehead atoms. The zero-order valence-electron chi connectivity index (χ0n) is 21.7. The molecule has 39 heavy (non-hydrogen) atoms. The smallest absolute Gasteiger partial charge is 0.435 e. The molecule has 1 aromatic carbocycles. The van der Waals surface area contributed by atoms with E-state index in [2.05, 4.69) is 20.0 Å². The number of aryl methyl sites for hydroxylation is 2.